The van der Waals surface area contributed by atoms with Crippen molar-refractivity contribution in [3.05, 3.63) is 93.8 Å². The molecule has 1 aliphatic heterocycles. The number of benzene rings is 2. The van der Waals surface area contributed by atoms with Gasteiger partial charge >= 0.3 is 0 Å². The first-order valence-electron chi connectivity index (χ1n) is 10.1. The van der Waals surface area contributed by atoms with Crippen LogP contribution < -0.4 is 15.1 Å². The van der Waals surface area contributed by atoms with Crippen LogP contribution in [0.2, 0.25) is 0 Å². The molecule has 5 nitrogen and oxygen atoms in total. The van der Waals surface area contributed by atoms with Crippen LogP contribution in [-0.2, 0) is 13.2 Å². The highest BCUT2D eigenvalue weighted by molar-refractivity contribution is 5.46. The lowest BCUT2D eigenvalue weighted by molar-refractivity contribution is 0.224. The summed E-state index contributed by atoms with van der Waals surface area (Å²) >= 11 is 0. The average Bonchev–Trinajstić information content (AvgIpc) is 2.75. The number of hydrogen-bond donors (Lipinski definition) is 0. The number of aryl methyl sites for hydroxylation is 1. The minimum Gasteiger partial charge on any atom is -0.482 e. The van der Waals surface area contributed by atoms with E-state index < -0.39 is 0 Å². The summed E-state index contributed by atoms with van der Waals surface area (Å²) in [6, 6.07) is 16.0. The van der Waals surface area contributed by atoms with Crippen molar-refractivity contribution >= 4 is 5.69 Å². The number of hydrogen-bond acceptors (Lipinski definition) is 5. The number of rotatable bonds is 6. The second-order valence-corrected chi connectivity index (χ2v) is 7.53. The van der Waals surface area contributed by atoms with Gasteiger partial charge in [-0.3, -0.25) is 9.69 Å². The second-order valence-electron chi connectivity index (χ2n) is 7.53. The van der Waals surface area contributed by atoms with Crippen LogP contribution in [0.1, 0.15) is 16.9 Å². The predicted octanol–water partition coefficient (Wildman–Crippen LogP) is 3.99. The summed E-state index contributed by atoms with van der Waals surface area (Å²) in [5.74, 6) is 0.625. The molecular weight excluding hydrogens is 383 g/mol. The average molecular weight is 408 g/mol. The Morgan fingerprint density at radius 2 is 1.77 bits per heavy atom. The Balaban J connectivity index is 1.31. The number of nitrogens with zero attached hydrogens (tertiary/aromatic N) is 2. The lowest BCUT2D eigenvalue weighted by atomic mass is 10.1. The van der Waals surface area contributed by atoms with Crippen LogP contribution >= 0.6 is 0 Å². The fraction of sp³-hybridized carbons (Fsp3) is 0.292. The molecule has 0 bridgehead atoms. The van der Waals surface area contributed by atoms with Crippen LogP contribution in [0.5, 0.6) is 5.75 Å². The standard InChI is InChI=1S/C24H25FN2O3/c1-18-4-2-3-5-19(18)16-30-24-17-29-22(14-23(24)28)15-26-10-12-27(13-11-26)21-8-6-20(25)7-9-21/h2-9,14,17H,10-13,15-16H2,1H3. The summed E-state index contributed by atoms with van der Waals surface area (Å²) in [5, 5.41) is 0. The zero-order valence-corrected chi connectivity index (χ0v) is 17.0. The summed E-state index contributed by atoms with van der Waals surface area (Å²) in [6.07, 6.45) is 1.41. The van der Waals surface area contributed by atoms with Gasteiger partial charge in [0.05, 0.1) is 6.54 Å². The summed E-state index contributed by atoms with van der Waals surface area (Å²) in [7, 11) is 0. The Bertz CT molecular complexity index is 1040. The van der Waals surface area contributed by atoms with Gasteiger partial charge in [-0.15, -0.1) is 0 Å². The topological polar surface area (TPSA) is 45.9 Å². The van der Waals surface area contributed by atoms with Crippen molar-refractivity contribution < 1.29 is 13.5 Å². The molecule has 2 heterocycles. The van der Waals surface area contributed by atoms with E-state index in [2.05, 4.69) is 9.80 Å². The highest BCUT2D eigenvalue weighted by Gasteiger charge is 2.18. The van der Waals surface area contributed by atoms with Gasteiger partial charge in [-0.1, -0.05) is 24.3 Å². The van der Waals surface area contributed by atoms with Crippen molar-refractivity contribution in [3.8, 4) is 5.75 Å². The largest absolute Gasteiger partial charge is 0.482 e. The van der Waals surface area contributed by atoms with Crippen LogP contribution in [-0.4, -0.2) is 31.1 Å². The van der Waals surface area contributed by atoms with Crippen molar-refractivity contribution in [1.82, 2.24) is 4.90 Å². The van der Waals surface area contributed by atoms with E-state index in [0.717, 1.165) is 43.0 Å². The molecule has 6 heteroatoms. The maximum absolute atomic E-state index is 13.1. The molecule has 3 aromatic rings. The SMILES string of the molecule is Cc1ccccc1COc1coc(CN2CCN(c3ccc(F)cc3)CC2)cc1=O. The molecule has 0 unspecified atom stereocenters. The highest BCUT2D eigenvalue weighted by Crippen LogP contribution is 2.18. The molecule has 0 spiro atoms. The minimum atomic E-state index is -0.223. The fourth-order valence-corrected chi connectivity index (χ4v) is 3.59. The van der Waals surface area contributed by atoms with Crippen molar-refractivity contribution in [2.24, 2.45) is 0 Å². The maximum atomic E-state index is 13.1. The van der Waals surface area contributed by atoms with E-state index >= 15 is 0 Å². The number of halogens is 1. The molecule has 0 amide bonds. The Labute approximate surface area is 175 Å². The normalized spacial score (nSPS) is 14.7. The Morgan fingerprint density at radius 3 is 2.47 bits per heavy atom. The van der Waals surface area contributed by atoms with Crippen LogP contribution in [0, 0.1) is 12.7 Å². The fourth-order valence-electron chi connectivity index (χ4n) is 3.59. The molecule has 30 heavy (non-hydrogen) atoms. The molecule has 0 radical (unpaired) electrons. The molecule has 1 aromatic heterocycles. The maximum Gasteiger partial charge on any atom is 0.227 e. The molecule has 0 aliphatic carbocycles. The molecule has 2 aromatic carbocycles. The van der Waals surface area contributed by atoms with Crippen molar-refractivity contribution in [2.45, 2.75) is 20.1 Å². The van der Waals surface area contributed by atoms with Crippen LogP contribution in [0.15, 0.2) is 70.1 Å². The van der Waals surface area contributed by atoms with E-state index in [1.165, 1.54) is 24.5 Å². The number of piperazine rings is 1. The summed E-state index contributed by atoms with van der Waals surface area (Å²) < 4.78 is 24.4. The lowest BCUT2D eigenvalue weighted by Crippen LogP contribution is -2.46. The van der Waals surface area contributed by atoms with E-state index in [-0.39, 0.29) is 17.0 Å². The highest BCUT2D eigenvalue weighted by atomic mass is 19.1. The Kier molecular flexibility index (Phi) is 6.14. The summed E-state index contributed by atoms with van der Waals surface area (Å²) in [4.78, 5) is 16.9. The minimum absolute atomic E-state index is 0.171. The third-order valence-corrected chi connectivity index (χ3v) is 5.44. The van der Waals surface area contributed by atoms with Gasteiger partial charge in [-0.25, -0.2) is 4.39 Å². The monoisotopic (exact) mass is 408 g/mol. The summed E-state index contributed by atoms with van der Waals surface area (Å²) in [5.41, 5.74) is 3.02. The zero-order valence-electron chi connectivity index (χ0n) is 17.0. The second kappa shape index (κ2) is 9.13. The Morgan fingerprint density at radius 1 is 1.03 bits per heavy atom. The Hall–Kier alpha value is -3.12. The van der Waals surface area contributed by atoms with Gasteiger partial charge < -0.3 is 14.1 Å². The van der Waals surface area contributed by atoms with E-state index in [4.69, 9.17) is 9.15 Å². The summed E-state index contributed by atoms with van der Waals surface area (Å²) in [6.45, 7) is 6.28. The molecular formula is C24H25FN2O3. The van der Waals surface area contributed by atoms with Gasteiger partial charge in [0.1, 0.15) is 24.4 Å². The molecule has 1 saturated heterocycles. The zero-order chi connectivity index (χ0) is 20.9. The first-order valence-corrected chi connectivity index (χ1v) is 10.1. The third-order valence-electron chi connectivity index (χ3n) is 5.44. The van der Waals surface area contributed by atoms with Crippen LogP contribution in [0.4, 0.5) is 10.1 Å². The molecule has 1 aliphatic rings. The first-order chi connectivity index (χ1) is 14.6. The molecule has 0 atom stereocenters. The van der Waals surface area contributed by atoms with E-state index in [1.54, 1.807) is 12.1 Å². The van der Waals surface area contributed by atoms with Crippen molar-refractivity contribution in [1.29, 1.82) is 0 Å². The lowest BCUT2D eigenvalue weighted by Gasteiger charge is -2.35. The van der Waals surface area contributed by atoms with Gasteiger partial charge in [0.25, 0.3) is 0 Å². The van der Waals surface area contributed by atoms with Crippen molar-refractivity contribution in [3.63, 3.8) is 0 Å². The first kappa shape index (κ1) is 20.2. The van der Waals surface area contributed by atoms with Gasteiger partial charge in [0, 0.05) is 37.9 Å². The molecule has 0 saturated carbocycles. The van der Waals surface area contributed by atoms with E-state index in [1.807, 2.05) is 31.2 Å². The molecule has 156 valence electrons. The number of ether oxygens (including phenoxy) is 1. The molecule has 1 fully saturated rings. The predicted molar refractivity (Wildman–Crippen MR) is 114 cm³/mol. The van der Waals surface area contributed by atoms with Gasteiger partial charge in [-0.05, 0) is 42.3 Å². The molecule has 0 N–H and O–H groups in total. The quantitative estimate of drug-likeness (QED) is 0.617. The van der Waals surface area contributed by atoms with E-state index in [9.17, 15) is 9.18 Å². The van der Waals surface area contributed by atoms with Crippen molar-refractivity contribution in [2.75, 3.05) is 31.1 Å². The van der Waals surface area contributed by atoms with Gasteiger partial charge in [0.2, 0.25) is 11.2 Å². The molecule has 4 rings (SSSR count). The third kappa shape index (κ3) is 4.89. The number of anilines is 1. The van der Waals surface area contributed by atoms with Crippen LogP contribution in [0.25, 0.3) is 0 Å². The van der Waals surface area contributed by atoms with Gasteiger partial charge in [0.15, 0.2) is 0 Å². The van der Waals surface area contributed by atoms with Gasteiger partial charge in [-0.2, -0.15) is 0 Å². The van der Waals surface area contributed by atoms with Crippen LogP contribution in [0.3, 0.4) is 0 Å². The van der Waals surface area contributed by atoms with E-state index in [0.29, 0.717) is 18.9 Å². The smallest absolute Gasteiger partial charge is 0.227 e.